The SMILES string of the molecule is CCC[C@H](N)C(=O)NC(C)c1cc(F)ccc1OC. The van der Waals surface area contributed by atoms with Crippen LogP contribution in [0.5, 0.6) is 5.75 Å². The van der Waals surface area contributed by atoms with Crippen molar-refractivity contribution in [2.24, 2.45) is 5.73 Å². The highest BCUT2D eigenvalue weighted by Gasteiger charge is 2.18. The smallest absolute Gasteiger partial charge is 0.237 e. The molecule has 106 valence electrons. The summed E-state index contributed by atoms with van der Waals surface area (Å²) in [5.74, 6) is -0.0614. The Morgan fingerprint density at radius 1 is 1.53 bits per heavy atom. The first-order chi connectivity index (χ1) is 8.99. The van der Waals surface area contributed by atoms with Crippen molar-refractivity contribution < 1.29 is 13.9 Å². The van der Waals surface area contributed by atoms with Gasteiger partial charge in [-0.3, -0.25) is 4.79 Å². The minimum atomic E-state index is -0.535. The van der Waals surface area contributed by atoms with E-state index in [9.17, 15) is 9.18 Å². The first-order valence-electron chi connectivity index (χ1n) is 6.39. The number of benzene rings is 1. The predicted octanol–water partition coefficient (Wildman–Crippen LogP) is 2.14. The van der Waals surface area contributed by atoms with Gasteiger partial charge in [-0.15, -0.1) is 0 Å². The summed E-state index contributed by atoms with van der Waals surface area (Å²) in [4.78, 5) is 11.8. The maximum atomic E-state index is 13.3. The molecule has 0 aliphatic rings. The second-order valence-corrected chi connectivity index (χ2v) is 4.51. The number of carbonyl (C=O) groups is 1. The highest BCUT2D eigenvalue weighted by molar-refractivity contribution is 5.81. The zero-order valence-electron chi connectivity index (χ0n) is 11.6. The number of halogens is 1. The molecule has 0 radical (unpaired) electrons. The molecule has 0 bridgehead atoms. The van der Waals surface area contributed by atoms with Crippen LogP contribution in [0.4, 0.5) is 4.39 Å². The van der Waals surface area contributed by atoms with Crippen LogP contribution < -0.4 is 15.8 Å². The maximum Gasteiger partial charge on any atom is 0.237 e. The fourth-order valence-corrected chi connectivity index (χ4v) is 1.88. The van der Waals surface area contributed by atoms with Gasteiger partial charge in [0.05, 0.1) is 19.2 Å². The molecule has 0 fully saturated rings. The summed E-state index contributed by atoms with van der Waals surface area (Å²) >= 11 is 0. The van der Waals surface area contributed by atoms with Crippen molar-refractivity contribution in [2.75, 3.05) is 7.11 Å². The van der Waals surface area contributed by atoms with Crippen LogP contribution >= 0.6 is 0 Å². The lowest BCUT2D eigenvalue weighted by atomic mass is 10.1. The molecule has 0 saturated heterocycles. The van der Waals surface area contributed by atoms with Crippen molar-refractivity contribution in [2.45, 2.75) is 38.8 Å². The average molecular weight is 268 g/mol. The summed E-state index contributed by atoms with van der Waals surface area (Å²) in [5, 5.41) is 2.77. The number of hydrogen-bond acceptors (Lipinski definition) is 3. The van der Waals surface area contributed by atoms with E-state index >= 15 is 0 Å². The van der Waals surface area contributed by atoms with Gasteiger partial charge >= 0.3 is 0 Å². The van der Waals surface area contributed by atoms with Crippen LogP contribution in [0.15, 0.2) is 18.2 Å². The molecule has 0 aliphatic heterocycles. The Morgan fingerprint density at radius 3 is 2.79 bits per heavy atom. The molecular weight excluding hydrogens is 247 g/mol. The number of carbonyl (C=O) groups excluding carboxylic acids is 1. The molecule has 1 amide bonds. The third-order valence-electron chi connectivity index (χ3n) is 2.95. The molecule has 0 saturated carbocycles. The first kappa shape index (κ1) is 15.4. The van der Waals surface area contributed by atoms with Crippen LogP contribution in [0.2, 0.25) is 0 Å². The van der Waals surface area contributed by atoms with Gasteiger partial charge in [-0.2, -0.15) is 0 Å². The highest BCUT2D eigenvalue weighted by atomic mass is 19.1. The molecule has 19 heavy (non-hydrogen) atoms. The van der Waals surface area contributed by atoms with Gasteiger partial charge in [0.1, 0.15) is 11.6 Å². The Morgan fingerprint density at radius 2 is 2.21 bits per heavy atom. The summed E-state index contributed by atoms with van der Waals surface area (Å²) in [6.07, 6.45) is 1.46. The number of hydrogen-bond donors (Lipinski definition) is 2. The second kappa shape index (κ2) is 7.09. The van der Waals surface area contributed by atoms with Crippen molar-refractivity contribution in [1.82, 2.24) is 5.32 Å². The lowest BCUT2D eigenvalue weighted by Gasteiger charge is -2.19. The average Bonchev–Trinajstić information content (AvgIpc) is 2.38. The maximum absolute atomic E-state index is 13.3. The molecule has 0 heterocycles. The van der Waals surface area contributed by atoms with E-state index in [0.717, 1.165) is 6.42 Å². The van der Waals surface area contributed by atoms with E-state index in [-0.39, 0.29) is 17.8 Å². The van der Waals surface area contributed by atoms with E-state index in [1.165, 1.54) is 19.2 Å². The molecule has 1 rings (SSSR count). The highest BCUT2D eigenvalue weighted by Crippen LogP contribution is 2.25. The zero-order chi connectivity index (χ0) is 14.4. The van der Waals surface area contributed by atoms with Gasteiger partial charge in [-0.05, 0) is 31.5 Å². The summed E-state index contributed by atoms with van der Waals surface area (Å²) in [6.45, 7) is 3.74. The van der Waals surface area contributed by atoms with E-state index in [1.807, 2.05) is 6.92 Å². The quantitative estimate of drug-likeness (QED) is 0.830. The topological polar surface area (TPSA) is 64.4 Å². The van der Waals surface area contributed by atoms with Crippen LogP contribution in [-0.2, 0) is 4.79 Å². The van der Waals surface area contributed by atoms with E-state index in [1.54, 1.807) is 13.0 Å². The number of ether oxygens (including phenoxy) is 1. The van der Waals surface area contributed by atoms with Crippen molar-refractivity contribution in [3.8, 4) is 5.75 Å². The largest absolute Gasteiger partial charge is 0.496 e. The van der Waals surface area contributed by atoms with Crippen molar-refractivity contribution >= 4 is 5.91 Å². The minimum Gasteiger partial charge on any atom is -0.496 e. The van der Waals surface area contributed by atoms with E-state index in [0.29, 0.717) is 17.7 Å². The van der Waals surface area contributed by atoms with Gasteiger partial charge < -0.3 is 15.8 Å². The summed E-state index contributed by atoms with van der Waals surface area (Å²) in [6, 6.07) is 3.32. The van der Waals surface area contributed by atoms with Gasteiger partial charge in [0, 0.05) is 5.56 Å². The predicted molar refractivity (Wildman–Crippen MR) is 72.4 cm³/mol. The summed E-state index contributed by atoms with van der Waals surface area (Å²) in [5.41, 5.74) is 6.33. The third kappa shape index (κ3) is 4.21. The van der Waals surface area contributed by atoms with E-state index in [2.05, 4.69) is 5.32 Å². The Bertz CT molecular complexity index is 437. The van der Waals surface area contributed by atoms with Crippen LogP contribution in [0.25, 0.3) is 0 Å². The zero-order valence-corrected chi connectivity index (χ0v) is 11.6. The Hall–Kier alpha value is -1.62. The Kier molecular flexibility index (Phi) is 5.76. The fraction of sp³-hybridized carbons (Fsp3) is 0.500. The van der Waals surface area contributed by atoms with Crippen LogP contribution in [0.1, 0.15) is 38.3 Å². The molecule has 0 aromatic heterocycles. The van der Waals surface area contributed by atoms with E-state index < -0.39 is 6.04 Å². The molecule has 0 spiro atoms. The molecule has 0 aliphatic carbocycles. The number of amides is 1. The molecule has 2 atom stereocenters. The van der Waals surface area contributed by atoms with Crippen molar-refractivity contribution in [3.05, 3.63) is 29.6 Å². The molecule has 1 aromatic carbocycles. The Labute approximate surface area is 113 Å². The monoisotopic (exact) mass is 268 g/mol. The van der Waals surface area contributed by atoms with Crippen LogP contribution in [0, 0.1) is 5.82 Å². The number of rotatable bonds is 6. The minimum absolute atomic E-state index is 0.235. The molecule has 1 aromatic rings. The normalized spacial score (nSPS) is 13.7. The number of nitrogens with two attached hydrogens (primary N) is 1. The molecule has 4 nitrogen and oxygen atoms in total. The number of methoxy groups -OCH3 is 1. The Balaban J connectivity index is 2.80. The standard InChI is InChI=1S/C14H21FN2O2/c1-4-5-12(16)14(18)17-9(2)11-8-10(15)6-7-13(11)19-3/h6-9,12H,4-5,16H2,1-3H3,(H,17,18)/t9?,12-/m0/s1. The van der Waals surface area contributed by atoms with Gasteiger partial charge in [-0.1, -0.05) is 13.3 Å². The van der Waals surface area contributed by atoms with Gasteiger partial charge in [0.25, 0.3) is 0 Å². The molecule has 3 N–H and O–H groups in total. The lowest BCUT2D eigenvalue weighted by molar-refractivity contribution is -0.123. The first-order valence-corrected chi connectivity index (χ1v) is 6.39. The van der Waals surface area contributed by atoms with Crippen LogP contribution in [-0.4, -0.2) is 19.1 Å². The van der Waals surface area contributed by atoms with Crippen LogP contribution in [0.3, 0.4) is 0 Å². The van der Waals surface area contributed by atoms with Gasteiger partial charge in [-0.25, -0.2) is 4.39 Å². The summed E-state index contributed by atoms with van der Waals surface area (Å²) in [7, 11) is 1.51. The molecule has 1 unspecified atom stereocenters. The van der Waals surface area contributed by atoms with Crippen molar-refractivity contribution in [3.63, 3.8) is 0 Å². The van der Waals surface area contributed by atoms with Crippen molar-refractivity contribution in [1.29, 1.82) is 0 Å². The third-order valence-corrected chi connectivity index (χ3v) is 2.95. The summed E-state index contributed by atoms with van der Waals surface area (Å²) < 4.78 is 18.4. The molecular formula is C14H21FN2O2. The lowest BCUT2D eigenvalue weighted by Crippen LogP contribution is -2.41. The fourth-order valence-electron chi connectivity index (χ4n) is 1.88. The second-order valence-electron chi connectivity index (χ2n) is 4.51. The number of nitrogens with one attached hydrogen (secondary N) is 1. The van der Waals surface area contributed by atoms with E-state index in [4.69, 9.17) is 10.5 Å². The van der Waals surface area contributed by atoms with Gasteiger partial charge in [0.15, 0.2) is 0 Å². The molecule has 5 heteroatoms. The van der Waals surface area contributed by atoms with Gasteiger partial charge in [0.2, 0.25) is 5.91 Å².